The Morgan fingerprint density at radius 3 is 1.06 bits per heavy atom. The van der Waals surface area contributed by atoms with Crippen LogP contribution in [0.1, 0.15) is 277 Å². The first-order valence-corrected chi connectivity index (χ1v) is 28.7. The first-order chi connectivity index (χ1) is 30.1. The molecule has 0 aliphatic heterocycles. The summed E-state index contributed by atoms with van der Waals surface area (Å²) in [6.45, 7) is 5.50. The van der Waals surface area contributed by atoms with Crippen LogP contribution in [0.25, 0.3) is 0 Å². The van der Waals surface area contributed by atoms with E-state index in [0.29, 0.717) is 24.1 Å². The van der Waals surface area contributed by atoms with E-state index in [-0.39, 0.29) is 25.8 Å². The number of rotatable bonds is 52. The summed E-state index contributed by atoms with van der Waals surface area (Å²) in [5, 5.41) is 0. The molecule has 0 amide bonds. The number of esters is 1. The van der Waals surface area contributed by atoms with Gasteiger partial charge in [0.25, 0.3) is 7.82 Å². The topological polar surface area (TPSA) is 94.1 Å². The molecule has 0 bridgehead atoms. The van der Waals surface area contributed by atoms with Crippen molar-refractivity contribution in [3.63, 3.8) is 0 Å². The van der Waals surface area contributed by atoms with Crippen molar-refractivity contribution in [2.24, 2.45) is 0 Å². The molecule has 0 aliphatic carbocycles. The van der Waals surface area contributed by atoms with E-state index in [2.05, 4.69) is 13.8 Å². The largest absolute Gasteiger partial charge is 0.756 e. The van der Waals surface area contributed by atoms with Gasteiger partial charge in [0, 0.05) is 13.0 Å². The summed E-state index contributed by atoms with van der Waals surface area (Å²) >= 11 is 0. The van der Waals surface area contributed by atoms with Crippen molar-refractivity contribution >= 4 is 13.8 Å². The molecule has 0 aromatic rings. The minimum absolute atomic E-state index is 0.0318. The molecule has 0 spiro atoms. The standard InChI is InChI=1S/C53H108NO7P/c1-6-8-10-12-14-16-18-20-22-24-26-27-28-29-30-32-34-36-38-40-42-44-46-53(55)61-52(51-60-62(56,57)59-49-47-54(3,4)5)50-58-48-45-43-41-39-37-35-33-31-25-23-21-19-17-15-13-11-9-7-2/h52H,6-51H2,1-5H3. The lowest BCUT2D eigenvalue weighted by molar-refractivity contribution is -0.870. The van der Waals surface area contributed by atoms with E-state index >= 15 is 0 Å². The van der Waals surface area contributed by atoms with Gasteiger partial charge in [-0.05, 0) is 12.8 Å². The number of likely N-dealkylation sites (N-methyl/N-ethyl adjacent to an activating group) is 1. The molecular formula is C53H108NO7P. The average molecular weight is 902 g/mol. The Kier molecular flexibility index (Phi) is 46.6. The molecule has 0 aromatic carbocycles. The van der Waals surface area contributed by atoms with Crippen molar-refractivity contribution in [1.29, 1.82) is 0 Å². The highest BCUT2D eigenvalue weighted by molar-refractivity contribution is 7.45. The molecule has 0 saturated heterocycles. The summed E-state index contributed by atoms with van der Waals surface area (Å²) in [5.74, 6) is -0.324. The van der Waals surface area contributed by atoms with Gasteiger partial charge >= 0.3 is 5.97 Å². The highest BCUT2D eigenvalue weighted by Crippen LogP contribution is 2.38. The normalized spacial score (nSPS) is 13.5. The molecule has 0 fully saturated rings. The molecular weight excluding hydrogens is 794 g/mol. The lowest BCUT2D eigenvalue weighted by Gasteiger charge is -2.28. The number of hydrogen-bond donors (Lipinski definition) is 0. The number of nitrogens with zero attached hydrogens (tertiary/aromatic N) is 1. The number of carbonyl (C=O) groups is 1. The molecule has 9 heteroatoms. The summed E-state index contributed by atoms with van der Waals surface area (Å²) in [6, 6.07) is 0. The predicted molar refractivity (Wildman–Crippen MR) is 264 cm³/mol. The second-order valence-electron chi connectivity index (χ2n) is 20.0. The van der Waals surface area contributed by atoms with E-state index < -0.39 is 13.9 Å². The van der Waals surface area contributed by atoms with Crippen LogP contribution < -0.4 is 4.89 Å². The molecule has 2 unspecified atom stereocenters. The first-order valence-electron chi connectivity index (χ1n) is 27.3. The van der Waals surface area contributed by atoms with E-state index in [1.807, 2.05) is 21.1 Å². The van der Waals surface area contributed by atoms with E-state index in [0.717, 1.165) is 32.1 Å². The zero-order valence-electron chi connectivity index (χ0n) is 42.4. The van der Waals surface area contributed by atoms with Crippen molar-refractivity contribution in [2.75, 3.05) is 54.1 Å². The van der Waals surface area contributed by atoms with Crippen LogP contribution in [0, 0.1) is 0 Å². The molecule has 8 nitrogen and oxygen atoms in total. The maximum atomic E-state index is 12.8. The maximum Gasteiger partial charge on any atom is 0.306 e. The smallest absolute Gasteiger partial charge is 0.306 e. The van der Waals surface area contributed by atoms with E-state index in [9.17, 15) is 14.3 Å². The predicted octanol–water partition coefficient (Wildman–Crippen LogP) is 16.2. The third-order valence-corrected chi connectivity index (χ3v) is 13.4. The van der Waals surface area contributed by atoms with Gasteiger partial charge in [0.1, 0.15) is 19.3 Å². The number of hydrogen-bond acceptors (Lipinski definition) is 7. The van der Waals surface area contributed by atoms with Crippen molar-refractivity contribution in [3.05, 3.63) is 0 Å². The van der Waals surface area contributed by atoms with Crippen LogP contribution in [-0.2, 0) is 27.9 Å². The SMILES string of the molecule is CCCCCCCCCCCCCCCCCCCCCCCCC(=O)OC(COCCCCCCCCCCCCCCCCCCCC)COP(=O)([O-])OCC[N+](C)(C)C. The fraction of sp³-hybridized carbons (Fsp3) is 0.981. The quantitative estimate of drug-likeness (QED) is 0.0260. The monoisotopic (exact) mass is 902 g/mol. The van der Waals surface area contributed by atoms with Crippen LogP contribution in [-0.4, -0.2) is 70.7 Å². The van der Waals surface area contributed by atoms with Crippen molar-refractivity contribution in [1.82, 2.24) is 0 Å². The number of carbonyl (C=O) groups excluding carboxylic acids is 1. The summed E-state index contributed by atoms with van der Waals surface area (Å²) in [5.41, 5.74) is 0. The van der Waals surface area contributed by atoms with E-state index in [1.165, 1.54) is 225 Å². The van der Waals surface area contributed by atoms with Gasteiger partial charge in [-0.15, -0.1) is 0 Å². The number of phosphoric ester groups is 1. The molecule has 0 aromatic heterocycles. The van der Waals surface area contributed by atoms with Gasteiger partial charge < -0.3 is 27.9 Å². The van der Waals surface area contributed by atoms with Crippen molar-refractivity contribution in [3.8, 4) is 0 Å². The molecule has 0 heterocycles. The Bertz CT molecular complexity index is 961. The number of unbranched alkanes of at least 4 members (excludes halogenated alkanes) is 38. The highest BCUT2D eigenvalue weighted by Gasteiger charge is 2.20. The summed E-state index contributed by atoms with van der Waals surface area (Å²) < 4.78 is 34.8. The van der Waals surface area contributed by atoms with Gasteiger partial charge in [0.2, 0.25) is 0 Å². The summed E-state index contributed by atoms with van der Waals surface area (Å²) in [6.07, 6.45) is 52.7. The molecule has 2 atom stereocenters. The van der Waals surface area contributed by atoms with Gasteiger partial charge in [-0.2, -0.15) is 0 Å². The lowest BCUT2D eigenvalue weighted by atomic mass is 10.0. The number of quaternary nitrogens is 1. The minimum atomic E-state index is -4.52. The van der Waals surface area contributed by atoms with Gasteiger partial charge in [0.05, 0.1) is 34.4 Å². The molecule has 0 radical (unpaired) electrons. The molecule has 0 aliphatic rings. The zero-order chi connectivity index (χ0) is 45.5. The number of phosphoric acid groups is 1. The fourth-order valence-electron chi connectivity index (χ4n) is 8.20. The highest BCUT2D eigenvalue weighted by atomic mass is 31.2. The lowest BCUT2D eigenvalue weighted by Crippen LogP contribution is -2.37. The van der Waals surface area contributed by atoms with Crippen molar-refractivity contribution in [2.45, 2.75) is 283 Å². The first kappa shape index (κ1) is 61.5. The zero-order valence-corrected chi connectivity index (χ0v) is 43.3. The maximum absolute atomic E-state index is 12.8. The van der Waals surface area contributed by atoms with Gasteiger partial charge in [0.15, 0.2) is 0 Å². The Balaban J connectivity index is 4.04. The minimum Gasteiger partial charge on any atom is -0.756 e. The molecule has 62 heavy (non-hydrogen) atoms. The average Bonchev–Trinajstić information content (AvgIpc) is 3.23. The van der Waals surface area contributed by atoms with Gasteiger partial charge in [-0.1, -0.05) is 258 Å². The third-order valence-electron chi connectivity index (χ3n) is 12.4. The summed E-state index contributed by atoms with van der Waals surface area (Å²) in [4.78, 5) is 25.2. The van der Waals surface area contributed by atoms with Crippen LogP contribution in [0.15, 0.2) is 0 Å². The van der Waals surface area contributed by atoms with Gasteiger partial charge in [-0.3, -0.25) is 9.36 Å². The van der Waals surface area contributed by atoms with Crippen LogP contribution in [0.4, 0.5) is 0 Å². The van der Waals surface area contributed by atoms with Crippen LogP contribution >= 0.6 is 7.82 Å². The van der Waals surface area contributed by atoms with Crippen LogP contribution in [0.3, 0.4) is 0 Å². The molecule has 0 N–H and O–H groups in total. The Morgan fingerprint density at radius 2 is 0.742 bits per heavy atom. The molecule has 0 rings (SSSR count). The Hall–Kier alpha value is -0.500. The van der Waals surface area contributed by atoms with Gasteiger partial charge in [-0.25, -0.2) is 0 Å². The number of ether oxygens (including phenoxy) is 2. The summed E-state index contributed by atoms with van der Waals surface area (Å²) in [7, 11) is 1.38. The van der Waals surface area contributed by atoms with E-state index in [1.54, 1.807) is 0 Å². The van der Waals surface area contributed by atoms with Crippen molar-refractivity contribution < 1.29 is 37.3 Å². The fourth-order valence-corrected chi connectivity index (χ4v) is 8.93. The Morgan fingerprint density at radius 1 is 0.435 bits per heavy atom. The van der Waals surface area contributed by atoms with Crippen LogP contribution in [0.5, 0.6) is 0 Å². The Labute approximate surface area is 387 Å². The third kappa shape index (κ3) is 50.5. The molecule has 0 saturated carbocycles. The molecule has 372 valence electrons. The van der Waals surface area contributed by atoms with Crippen LogP contribution in [0.2, 0.25) is 0 Å². The second-order valence-corrected chi connectivity index (χ2v) is 21.4. The second kappa shape index (κ2) is 47.0. The van der Waals surface area contributed by atoms with E-state index in [4.69, 9.17) is 18.5 Å².